The minimum atomic E-state index is -0.793. The summed E-state index contributed by atoms with van der Waals surface area (Å²) in [5, 5.41) is 11.2. The van der Waals surface area contributed by atoms with Crippen LogP contribution in [0.4, 0.5) is 0 Å². The molecule has 3 atom stereocenters. The third-order valence-electron chi connectivity index (χ3n) is 4.97. The van der Waals surface area contributed by atoms with E-state index in [0.717, 1.165) is 24.8 Å². The van der Waals surface area contributed by atoms with Gasteiger partial charge in [0.25, 0.3) is 5.91 Å². The van der Waals surface area contributed by atoms with Crippen LogP contribution in [0.2, 0.25) is 0 Å². The van der Waals surface area contributed by atoms with Crippen molar-refractivity contribution in [1.82, 2.24) is 4.90 Å². The Morgan fingerprint density at radius 1 is 1.33 bits per heavy atom. The van der Waals surface area contributed by atoms with Gasteiger partial charge in [0, 0.05) is 22.8 Å². The predicted molar refractivity (Wildman–Crippen MR) is 81.7 cm³/mol. The molecule has 1 amide bonds. The number of hydrogen-bond acceptors (Lipinski definition) is 3. The third kappa shape index (κ3) is 2.48. The summed E-state index contributed by atoms with van der Waals surface area (Å²) in [6.07, 6.45) is 3.75. The SMILES string of the molecule is CC1CCc2c(C(=O)N3CCC(C(=O)O)C3C)csc2C1. The Balaban J connectivity index is 1.82. The Bertz CT molecular complexity index is 580. The number of likely N-dealkylation sites (tertiary alicyclic amines) is 1. The summed E-state index contributed by atoms with van der Waals surface area (Å²) >= 11 is 1.69. The van der Waals surface area contributed by atoms with Gasteiger partial charge in [-0.1, -0.05) is 6.92 Å². The standard InChI is InChI=1S/C16H21NO3S/c1-9-3-4-12-13(8-21-14(12)7-9)15(18)17-6-5-11(10(17)2)16(19)20/h8-11H,3-7H2,1-2H3,(H,19,20). The highest BCUT2D eigenvalue weighted by atomic mass is 32.1. The van der Waals surface area contributed by atoms with Crippen LogP contribution in [0.25, 0.3) is 0 Å². The van der Waals surface area contributed by atoms with Crippen LogP contribution >= 0.6 is 11.3 Å². The van der Waals surface area contributed by atoms with Crippen LogP contribution in [0.3, 0.4) is 0 Å². The van der Waals surface area contributed by atoms with Crippen molar-refractivity contribution in [2.24, 2.45) is 11.8 Å². The van der Waals surface area contributed by atoms with Crippen LogP contribution in [0.15, 0.2) is 5.38 Å². The fourth-order valence-electron chi connectivity index (χ4n) is 3.57. The third-order valence-corrected chi connectivity index (χ3v) is 6.02. The van der Waals surface area contributed by atoms with E-state index in [4.69, 9.17) is 0 Å². The average molecular weight is 307 g/mol. The summed E-state index contributed by atoms with van der Waals surface area (Å²) in [6.45, 7) is 4.66. The molecule has 3 unspecified atom stereocenters. The number of amides is 1. The Kier molecular flexibility index (Phi) is 3.78. The van der Waals surface area contributed by atoms with Crippen molar-refractivity contribution in [3.8, 4) is 0 Å². The number of rotatable bonds is 2. The molecule has 0 radical (unpaired) electrons. The van der Waals surface area contributed by atoms with Gasteiger partial charge < -0.3 is 10.0 Å². The fraction of sp³-hybridized carbons (Fsp3) is 0.625. The van der Waals surface area contributed by atoms with Crippen LogP contribution in [0.1, 0.15) is 47.5 Å². The van der Waals surface area contributed by atoms with E-state index in [1.807, 2.05) is 12.3 Å². The summed E-state index contributed by atoms with van der Waals surface area (Å²) in [5.74, 6) is -0.498. The number of fused-ring (bicyclic) bond motifs is 1. The van der Waals surface area contributed by atoms with E-state index >= 15 is 0 Å². The zero-order chi connectivity index (χ0) is 15.1. The second kappa shape index (κ2) is 5.44. The smallest absolute Gasteiger partial charge is 0.308 e. The van der Waals surface area contributed by atoms with Crippen LogP contribution in [0, 0.1) is 11.8 Å². The molecule has 5 heteroatoms. The highest BCUT2D eigenvalue weighted by Gasteiger charge is 2.39. The van der Waals surface area contributed by atoms with Crippen molar-refractivity contribution in [3.05, 3.63) is 21.4 Å². The van der Waals surface area contributed by atoms with Gasteiger partial charge in [-0.15, -0.1) is 11.3 Å². The van der Waals surface area contributed by atoms with Crippen molar-refractivity contribution >= 4 is 23.2 Å². The number of aliphatic carboxylic acids is 1. The lowest BCUT2D eigenvalue weighted by molar-refractivity contribution is -0.142. The molecule has 21 heavy (non-hydrogen) atoms. The number of thiophene rings is 1. The molecule has 1 aliphatic heterocycles. The monoisotopic (exact) mass is 307 g/mol. The molecule has 4 nitrogen and oxygen atoms in total. The second-order valence-electron chi connectivity index (χ2n) is 6.37. The zero-order valence-corrected chi connectivity index (χ0v) is 13.3. The molecule has 1 fully saturated rings. The lowest BCUT2D eigenvalue weighted by Gasteiger charge is -2.25. The van der Waals surface area contributed by atoms with E-state index in [0.29, 0.717) is 18.9 Å². The molecule has 1 aromatic rings. The number of hydrogen-bond donors (Lipinski definition) is 1. The molecule has 2 aliphatic rings. The van der Waals surface area contributed by atoms with E-state index < -0.39 is 11.9 Å². The first-order valence-electron chi connectivity index (χ1n) is 7.62. The number of carbonyl (C=O) groups excluding carboxylic acids is 1. The van der Waals surface area contributed by atoms with Crippen molar-refractivity contribution in [2.75, 3.05) is 6.54 Å². The van der Waals surface area contributed by atoms with Crippen LogP contribution < -0.4 is 0 Å². The van der Waals surface area contributed by atoms with E-state index in [9.17, 15) is 14.7 Å². The first-order chi connectivity index (χ1) is 9.99. The quantitative estimate of drug-likeness (QED) is 0.914. The molecule has 1 aliphatic carbocycles. The van der Waals surface area contributed by atoms with Crippen molar-refractivity contribution < 1.29 is 14.7 Å². The maximum atomic E-state index is 12.8. The van der Waals surface area contributed by atoms with E-state index in [-0.39, 0.29) is 11.9 Å². The number of carboxylic acid groups (broad SMARTS) is 1. The van der Waals surface area contributed by atoms with E-state index in [1.54, 1.807) is 16.2 Å². The maximum absolute atomic E-state index is 12.8. The van der Waals surface area contributed by atoms with Crippen molar-refractivity contribution in [3.63, 3.8) is 0 Å². The predicted octanol–water partition coefficient (Wildman–Crippen LogP) is 2.81. The normalized spacial score (nSPS) is 28.5. The highest BCUT2D eigenvalue weighted by Crippen LogP contribution is 2.35. The first-order valence-corrected chi connectivity index (χ1v) is 8.50. The summed E-state index contributed by atoms with van der Waals surface area (Å²) in [5.41, 5.74) is 2.04. The van der Waals surface area contributed by atoms with Gasteiger partial charge in [0.15, 0.2) is 0 Å². The Morgan fingerprint density at radius 2 is 2.10 bits per heavy atom. The Hall–Kier alpha value is -1.36. The zero-order valence-electron chi connectivity index (χ0n) is 12.5. The molecule has 0 bridgehead atoms. The maximum Gasteiger partial charge on any atom is 0.308 e. The highest BCUT2D eigenvalue weighted by molar-refractivity contribution is 7.10. The number of carbonyl (C=O) groups is 2. The Morgan fingerprint density at radius 3 is 2.76 bits per heavy atom. The molecule has 1 N–H and O–H groups in total. The van der Waals surface area contributed by atoms with Gasteiger partial charge in [0.05, 0.1) is 11.5 Å². The Labute approximate surface area is 128 Å². The number of nitrogens with zero attached hydrogens (tertiary/aromatic N) is 1. The summed E-state index contributed by atoms with van der Waals surface area (Å²) in [6, 6.07) is -0.215. The van der Waals surface area contributed by atoms with Gasteiger partial charge in [-0.3, -0.25) is 9.59 Å². The van der Waals surface area contributed by atoms with Gasteiger partial charge in [-0.2, -0.15) is 0 Å². The number of carboxylic acids is 1. The van der Waals surface area contributed by atoms with Gasteiger partial charge >= 0.3 is 5.97 Å². The van der Waals surface area contributed by atoms with Gasteiger partial charge in [-0.25, -0.2) is 0 Å². The topological polar surface area (TPSA) is 57.6 Å². The molecule has 1 aromatic heterocycles. The molecule has 0 saturated carbocycles. The van der Waals surface area contributed by atoms with Crippen LogP contribution in [-0.2, 0) is 17.6 Å². The largest absolute Gasteiger partial charge is 0.481 e. The van der Waals surface area contributed by atoms with E-state index in [2.05, 4.69) is 6.92 Å². The molecule has 3 rings (SSSR count). The molecule has 2 heterocycles. The van der Waals surface area contributed by atoms with Crippen LogP contribution in [0.5, 0.6) is 0 Å². The van der Waals surface area contributed by atoms with Crippen LogP contribution in [-0.4, -0.2) is 34.5 Å². The summed E-state index contributed by atoms with van der Waals surface area (Å²) in [4.78, 5) is 27.1. The summed E-state index contributed by atoms with van der Waals surface area (Å²) < 4.78 is 0. The van der Waals surface area contributed by atoms with Gasteiger partial charge in [0.1, 0.15) is 0 Å². The summed E-state index contributed by atoms with van der Waals surface area (Å²) in [7, 11) is 0. The second-order valence-corrected chi connectivity index (χ2v) is 7.34. The lowest BCUT2D eigenvalue weighted by Crippen LogP contribution is -2.38. The molecular formula is C16H21NO3S. The molecular weight excluding hydrogens is 286 g/mol. The first kappa shape index (κ1) is 14.6. The van der Waals surface area contributed by atoms with E-state index in [1.165, 1.54) is 10.4 Å². The average Bonchev–Trinajstić information content (AvgIpc) is 3.01. The van der Waals surface area contributed by atoms with Gasteiger partial charge in [0.2, 0.25) is 0 Å². The lowest BCUT2D eigenvalue weighted by atomic mass is 9.88. The fourth-order valence-corrected chi connectivity index (χ4v) is 4.81. The van der Waals surface area contributed by atoms with Gasteiger partial charge in [-0.05, 0) is 44.1 Å². The minimum Gasteiger partial charge on any atom is -0.481 e. The molecule has 114 valence electrons. The van der Waals surface area contributed by atoms with Crippen molar-refractivity contribution in [2.45, 2.75) is 45.6 Å². The molecule has 1 saturated heterocycles. The minimum absolute atomic E-state index is 0.0262. The van der Waals surface area contributed by atoms with Crippen molar-refractivity contribution in [1.29, 1.82) is 0 Å². The molecule has 0 spiro atoms. The molecule has 0 aromatic carbocycles.